The molecule has 0 saturated heterocycles. The van der Waals surface area contributed by atoms with Crippen molar-refractivity contribution in [2.45, 2.75) is 26.3 Å². The molecule has 2 aromatic carbocycles. The second kappa shape index (κ2) is 7.30. The van der Waals surface area contributed by atoms with Crippen molar-refractivity contribution < 1.29 is 13.9 Å². The number of carbonyl (C=O) groups is 1. The van der Waals surface area contributed by atoms with E-state index in [1.54, 1.807) is 13.0 Å². The quantitative estimate of drug-likeness (QED) is 0.632. The van der Waals surface area contributed by atoms with E-state index >= 15 is 0 Å². The number of aromatic nitrogens is 1. The van der Waals surface area contributed by atoms with Crippen molar-refractivity contribution in [2.24, 2.45) is 0 Å². The van der Waals surface area contributed by atoms with E-state index in [1.807, 2.05) is 24.4 Å². The Morgan fingerprint density at radius 2 is 1.96 bits per heavy atom. The van der Waals surface area contributed by atoms with Crippen molar-refractivity contribution in [1.29, 1.82) is 0 Å². The van der Waals surface area contributed by atoms with Crippen molar-refractivity contribution in [2.75, 3.05) is 6.61 Å². The molecule has 1 aromatic heterocycles. The summed E-state index contributed by atoms with van der Waals surface area (Å²) in [6.07, 6.45) is 2.85. The number of ether oxygens (including phenoxy) is 1. The molecular formula is C20H20FNO2. The fraction of sp³-hybridized carbons (Fsp3) is 0.250. The van der Waals surface area contributed by atoms with Crippen molar-refractivity contribution in [1.82, 2.24) is 4.57 Å². The van der Waals surface area contributed by atoms with Crippen LogP contribution >= 0.6 is 0 Å². The van der Waals surface area contributed by atoms with E-state index in [1.165, 1.54) is 17.7 Å². The number of hydrogen-bond donors (Lipinski definition) is 0. The van der Waals surface area contributed by atoms with Crippen molar-refractivity contribution in [3.8, 4) is 0 Å². The highest BCUT2D eigenvalue weighted by Crippen LogP contribution is 2.25. The summed E-state index contributed by atoms with van der Waals surface area (Å²) >= 11 is 0. The van der Waals surface area contributed by atoms with Crippen LogP contribution in [-0.2, 0) is 22.5 Å². The van der Waals surface area contributed by atoms with Gasteiger partial charge in [0.15, 0.2) is 0 Å². The third kappa shape index (κ3) is 3.65. The predicted octanol–water partition coefficient (Wildman–Crippen LogP) is 4.32. The fourth-order valence-electron chi connectivity index (χ4n) is 2.92. The van der Waals surface area contributed by atoms with E-state index in [4.69, 9.17) is 4.74 Å². The lowest BCUT2D eigenvalue weighted by atomic mass is 10.1. The highest BCUT2D eigenvalue weighted by Gasteiger charge is 2.12. The van der Waals surface area contributed by atoms with E-state index in [0.717, 1.165) is 16.5 Å². The molecule has 0 aliphatic rings. The molecule has 0 spiro atoms. The van der Waals surface area contributed by atoms with E-state index in [2.05, 4.69) is 16.7 Å². The van der Waals surface area contributed by atoms with Gasteiger partial charge in [0.2, 0.25) is 0 Å². The molecule has 0 unspecified atom stereocenters. The maximum Gasteiger partial charge on any atom is 0.306 e. The first kappa shape index (κ1) is 16.2. The third-order valence-electron chi connectivity index (χ3n) is 4.03. The summed E-state index contributed by atoms with van der Waals surface area (Å²) in [5, 5.41) is 0.857. The SMILES string of the molecule is CCOC(=O)CCc1cn(Cc2ccccc2)c2ccc(F)cc12. The van der Waals surface area contributed by atoms with Crippen LogP contribution in [0, 0.1) is 5.82 Å². The van der Waals surface area contributed by atoms with Crippen molar-refractivity contribution in [3.63, 3.8) is 0 Å². The van der Waals surface area contributed by atoms with Crippen LogP contribution in [0.25, 0.3) is 10.9 Å². The molecule has 3 rings (SSSR count). The number of esters is 1. The number of hydrogen-bond acceptors (Lipinski definition) is 2. The number of halogens is 1. The molecule has 0 radical (unpaired) electrons. The zero-order valence-corrected chi connectivity index (χ0v) is 13.7. The second-order valence-corrected chi connectivity index (χ2v) is 5.73. The normalized spacial score (nSPS) is 10.9. The molecular weight excluding hydrogens is 305 g/mol. The fourth-order valence-corrected chi connectivity index (χ4v) is 2.92. The Labute approximate surface area is 140 Å². The van der Waals surface area contributed by atoms with E-state index < -0.39 is 0 Å². The van der Waals surface area contributed by atoms with Crippen molar-refractivity contribution >= 4 is 16.9 Å². The molecule has 0 amide bonds. The summed E-state index contributed by atoms with van der Waals surface area (Å²) in [5.74, 6) is -0.491. The van der Waals surface area contributed by atoms with Crippen LogP contribution in [0.1, 0.15) is 24.5 Å². The average Bonchev–Trinajstić information content (AvgIpc) is 2.91. The highest BCUT2D eigenvalue weighted by atomic mass is 19.1. The van der Waals surface area contributed by atoms with Gasteiger partial charge < -0.3 is 9.30 Å². The summed E-state index contributed by atoms with van der Waals surface area (Å²) < 4.78 is 20.8. The van der Waals surface area contributed by atoms with Gasteiger partial charge in [-0.25, -0.2) is 4.39 Å². The molecule has 0 aliphatic heterocycles. The molecule has 1 heterocycles. The molecule has 0 atom stereocenters. The Balaban J connectivity index is 1.91. The minimum atomic E-state index is -0.266. The van der Waals surface area contributed by atoms with Gasteiger partial charge in [-0.3, -0.25) is 4.79 Å². The van der Waals surface area contributed by atoms with Gasteiger partial charge in [0, 0.05) is 30.1 Å². The minimum Gasteiger partial charge on any atom is -0.466 e. The maximum absolute atomic E-state index is 13.7. The first-order valence-corrected chi connectivity index (χ1v) is 8.14. The topological polar surface area (TPSA) is 31.2 Å². The number of rotatable bonds is 6. The van der Waals surface area contributed by atoms with Gasteiger partial charge in [-0.15, -0.1) is 0 Å². The Hall–Kier alpha value is -2.62. The Kier molecular flexibility index (Phi) is 4.94. The zero-order valence-electron chi connectivity index (χ0n) is 13.7. The molecule has 3 nitrogen and oxygen atoms in total. The van der Waals surface area contributed by atoms with Crippen LogP contribution in [0.4, 0.5) is 4.39 Å². The van der Waals surface area contributed by atoms with Gasteiger partial charge in [0.1, 0.15) is 5.82 Å². The van der Waals surface area contributed by atoms with Crippen LogP contribution in [0.3, 0.4) is 0 Å². The Bertz CT molecular complexity index is 839. The van der Waals surface area contributed by atoms with Gasteiger partial charge in [-0.2, -0.15) is 0 Å². The predicted molar refractivity (Wildman–Crippen MR) is 92.4 cm³/mol. The molecule has 0 aliphatic carbocycles. The number of aryl methyl sites for hydroxylation is 1. The first-order valence-electron chi connectivity index (χ1n) is 8.14. The van der Waals surface area contributed by atoms with Gasteiger partial charge in [0.05, 0.1) is 6.61 Å². The van der Waals surface area contributed by atoms with Crippen LogP contribution in [0.15, 0.2) is 54.7 Å². The van der Waals surface area contributed by atoms with Gasteiger partial charge in [-0.1, -0.05) is 30.3 Å². The van der Waals surface area contributed by atoms with Gasteiger partial charge in [-0.05, 0) is 42.7 Å². The Morgan fingerprint density at radius 1 is 1.17 bits per heavy atom. The van der Waals surface area contributed by atoms with Crippen LogP contribution in [0.5, 0.6) is 0 Å². The summed E-state index contributed by atoms with van der Waals surface area (Å²) in [7, 11) is 0. The smallest absolute Gasteiger partial charge is 0.306 e. The van der Waals surface area contributed by atoms with E-state index in [-0.39, 0.29) is 11.8 Å². The largest absolute Gasteiger partial charge is 0.466 e. The lowest BCUT2D eigenvalue weighted by Crippen LogP contribution is -2.05. The number of nitrogens with zero attached hydrogens (tertiary/aromatic N) is 1. The maximum atomic E-state index is 13.7. The lowest BCUT2D eigenvalue weighted by Gasteiger charge is -2.05. The van der Waals surface area contributed by atoms with E-state index in [9.17, 15) is 9.18 Å². The number of benzene rings is 2. The lowest BCUT2D eigenvalue weighted by molar-refractivity contribution is -0.143. The van der Waals surface area contributed by atoms with E-state index in [0.29, 0.717) is 26.0 Å². The standard InChI is InChI=1S/C20H20FNO2/c1-2-24-20(23)11-8-16-14-22(13-15-6-4-3-5-7-15)19-10-9-17(21)12-18(16)19/h3-7,9-10,12,14H,2,8,11,13H2,1H3. The monoisotopic (exact) mass is 325 g/mol. The zero-order chi connectivity index (χ0) is 16.9. The molecule has 24 heavy (non-hydrogen) atoms. The van der Waals surface area contributed by atoms with Crippen LogP contribution in [0.2, 0.25) is 0 Å². The molecule has 124 valence electrons. The number of fused-ring (bicyclic) bond motifs is 1. The molecule has 4 heteroatoms. The molecule has 3 aromatic rings. The minimum absolute atomic E-state index is 0.224. The van der Waals surface area contributed by atoms with Crippen LogP contribution in [-0.4, -0.2) is 17.1 Å². The third-order valence-corrected chi connectivity index (χ3v) is 4.03. The number of carbonyl (C=O) groups excluding carboxylic acids is 1. The molecule has 0 N–H and O–H groups in total. The summed E-state index contributed by atoms with van der Waals surface area (Å²) in [4.78, 5) is 11.6. The summed E-state index contributed by atoms with van der Waals surface area (Å²) in [6.45, 7) is 2.88. The highest BCUT2D eigenvalue weighted by molar-refractivity contribution is 5.84. The Morgan fingerprint density at radius 3 is 2.71 bits per heavy atom. The summed E-state index contributed by atoms with van der Waals surface area (Å²) in [5.41, 5.74) is 3.11. The average molecular weight is 325 g/mol. The molecule has 0 fully saturated rings. The second-order valence-electron chi connectivity index (χ2n) is 5.73. The first-order chi connectivity index (χ1) is 11.7. The van der Waals surface area contributed by atoms with Gasteiger partial charge in [0.25, 0.3) is 0 Å². The van der Waals surface area contributed by atoms with Gasteiger partial charge >= 0.3 is 5.97 Å². The van der Waals surface area contributed by atoms with Crippen LogP contribution < -0.4 is 0 Å². The summed E-state index contributed by atoms with van der Waals surface area (Å²) in [6, 6.07) is 14.9. The van der Waals surface area contributed by atoms with Crippen molar-refractivity contribution in [3.05, 3.63) is 71.7 Å². The molecule has 0 saturated carbocycles. The molecule has 0 bridgehead atoms.